The molecule has 2 amide bonds. The molecule has 5 nitrogen and oxygen atoms in total. The van der Waals surface area contributed by atoms with Crippen LogP contribution < -0.4 is 10.1 Å². The lowest BCUT2D eigenvalue weighted by atomic mass is 10.1. The average Bonchev–Trinajstić information content (AvgIpc) is 2.64. The van der Waals surface area contributed by atoms with Crippen LogP contribution in [0.5, 0.6) is 5.75 Å². The van der Waals surface area contributed by atoms with Crippen LogP contribution in [0.1, 0.15) is 12.5 Å². The highest BCUT2D eigenvalue weighted by Gasteiger charge is 2.26. The predicted molar refractivity (Wildman–Crippen MR) is 113 cm³/mol. The van der Waals surface area contributed by atoms with E-state index in [0.29, 0.717) is 15.2 Å². The molecule has 0 aliphatic carbocycles. The first-order valence-electron chi connectivity index (χ1n) is 8.15. The maximum absolute atomic E-state index is 12.8. The van der Waals surface area contributed by atoms with Crippen LogP contribution in [-0.4, -0.2) is 36.4 Å². The smallest absolute Gasteiger partial charge is 0.261 e. The Balaban J connectivity index is 2.15. The summed E-state index contributed by atoms with van der Waals surface area (Å²) in [6.07, 6.45) is 0. The van der Waals surface area contributed by atoms with Gasteiger partial charge in [-0.15, -0.1) is 0 Å². The number of hydrogen-bond donors (Lipinski definition) is 1. The summed E-state index contributed by atoms with van der Waals surface area (Å²) in [5.41, 5.74) is 0.904. The number of carbonyl (C=O) groups excluding carboxylic acids is 2. The Kier molecular flexibility index (Phi) is 8.13. The van der Waals surface area contributed by atoms with Gasteiger partial charge < -0.3 is 15.0 Å². The first kappa shape index (κ1) is 21.7. The third kappa shape index (κ3) is 6.23. The number of amides is 2. The van der Waals surface area contributed by atoms with Crippen LogP contribution in [0.2, 0.25) is 5.02 Å². The summed E-state index contributed by atoms with van der Waals surface area (Å²) in [7, 11) is 1.54. The maximum Gasteiger partial charge on any atom is 0.261 e. The van der Waals surface area contributed by atoms with E-state index in [0.717, 1.165) is 10.0 Å². The highest BCUT2D eigenvalue weighted by molar-refractivity contribution is 9.10. The summed E-state index contributed by atoms with van der Waals surface area (Å²) in [5, 5.41) is 3.14. The van der Waals surface area contributed by atoms with E-state index in [1.54, 1.807) is 32.2 Å². The standard InChI is InChI=1S/C19H19Br2ClN2O3/c1-12(19(26)23-2)24(10-13-4-3-5-14(20)8-13)18(25)11-27-17-7-6-15(22)9-16(17)21/h3-9,12H,10-11H2,1-2H3,(H,23,26)/t12-/m0/s1. The fraction of sp³-hybridized carbons (Fsp3) is 0.263. The number of likely N-dealkylation sites (N-methyl/N-ethyl adjacent to an activating group) is 1. The van der Waals surface area contributed by atoms with Crippen molar-refractivity contribution in [3.63, 3.8) is 0 Å². The van der Waals surface area contributed by atoms with Gasteiger partial charge in [-0.3, -0.25) is 9.59 Å². The molecule has 0 saturated carbocycles. The highest BCUT2D eigenvalue weighted by atomic mass is 79.9. The lowest BCUT2D eigenvalue weighted by molar-refractivity contribution is -0.142. The molecule has 8 heteroatoms. The van der Waals surface area contributed by atoms with Crippen molar-refractivity contribution < 1.29 is 14.3 Å². The first-order valence-corrected chi connectivity index (χ1v) is 10.1. The van der Waals surface area contributed by atoms with Gasteiger partial charge in [-0.1, -0.05) is 39.7 Å². The molecule has 0 fully saturated rings. The van der Waals surface area contributed by atoms with Crippen LogP contribution >= 0.6 is 43.5 Å². The van der Waals surface area contributed by atoms with Gasteiger partial charge in [-0.25, -0.2) is 0 Å². The largest absolute Gasteiger partial charge is 0.483 e. The predicted octanol–water partition coefficient (Wildman–Crippen LogP) is 4.41. The van der Waals surface area contributed by atoms with E-state index in [4.69, 9.17) is 16.3 Å². The van der Waals surface area contributed by atoms with Crippen molar-refractivity contribution in [1.82, 2.24) is 10.2 Å². The van der Waals surface area contributed by atoms with E-state index in [1.165, 1.54) is 4.90 Å². The van der Waals surface area contributed by atoms with Gasteiger partial charge in [0.25, 0.3) is 5.91 Å². The number of ether oxygens (including phenoxy) is 1. The Morgan fingerprint density at radius 3 is 2.59 bits per heavy atom. The third-order valence-corrected chi connectivity index (χ3v) is 5.25. The summed E-state index contributed by atoms with van der Waals surface area (Å²) in [6.45, 7) is 1.78. The van der Waals surface area contributed by atoms with Crippen molar-refractivity contribution >= 4 is 55.3 Å². The van der Waals surface area contributed by atoms with Gasteiger partial charge in [0, 0.05) is 23.1 Å². The molecular weight excluding hydrogens is 499 g/mol. The number of nitrogens with zero attached hydrogens (tertiary/aromatic N) is 1. The van der Waals surface area contributed by atoms with Crippen molar-refractivity contribution in [2.75, 3.05) is 13.7 Å². The lowest BCUT2D eigenvalue weighted by Crippen LogP contribution is -2.48. The molecule has 0 aromatic heterocycles. The quantitative estimate of drug-likeness (QED) is 0.591. The van der Waals surface area contributed by atoms with Gasteiger partial charge in [0.2, 0.25) is 5.91 Å². The molecule has 0 aliphatic rings. The highest BCUT2D eigenvalue weighted by Crippen LogP contribution is 2.28. The summed E-state index contributed by atoms with van der Waals surface area (Å²) < 4.78 is 7.18. The number of hydrogen-bond acceptors (Lipinski definition) is 3. The molecule has 27 heavy (non-hydrogen) atoms. The second-order valence-corrected chi connectivity index (χ2v) is 8.01. The second kappa shape index (κ2) is 10.1. The van der Waals surface area contributed by atoms with E-state index >= 15 is 0 Å². The molecule has 0 unspecified atom stereocenters. The zero-order valence-electron chi connectivity index (χ0n) is 14.8. The summed E-state index contributed by atoms with van der Waals surface area (Å²) in [6, 6.07) is 12.0. The molecule has 1 atom stereocenters. The molecule has 0 bridgehead atoms. The summed E-state index contributed by atoms with van der Waals surface area (Å²) in [5.74, 6) is -0.0401. The third-order valence-electron chi connectivity index (χ3n) is 3.90. The van der Waals surface area contributed by atoms with Crippen molar-refractivity contribution in [1.29, 1.82) is 0 Å². The molecule has 1 N–H and O–H groups in total. The SMILES string of the molecule is CNC(=O)[C@H](C)N(Cc1cccc(Br)c1)C(=O)COc1ccc(Cl)cc1Br. The molecule has 0 aliphatic heterocycles. The first-order chi connectivity index (χ1) is 12.8. The Morgan fingerprint density at radius 1 is 1.22 bits per heavy atom. The summed E-state index contributed by atoms with van der Waals surface area (Å²) in [4.78, 5) is 26.4. The molecule has 0 spiro atoms. The maximum atomic E-state index is 12.8. The molecular formula is C19H19Br2ClN2O3. The Hall–Kier alpha value is -1.57. The van der Waals surface area contributed by atoms with Gasteiger partial charge in [0.05, 0.1) is 4.47 Å². The van der Waals surface area contributed by atoms with Gasteiger partial charge in [-0.05, 0) is 58.7 Å². The molecule has 2 aromatic rings. The monoisotopic (exact) mass is 516 g/mol. The van der Waals surface area contributed by atoms with Gasteiger partial charge in [-0.2, -0.15) is 0 Å². The normalized spacial score (nSPS) is 11.6. The molecule has 144 valence electrons. The van der Waals surface area contributed by atoms with Crippen molar-refractivity contribution in [2.24, 2.45) is 0 Å². The van der Waals surface area contributed by atoms with Crippen molar-refractivity contribution in [3.05, 3.63) is 62.0 Å². The number of rotatable bonds is 7. The van der Waals surface area contributed by atoms with E-state index in [2.05, 4.69) is 37.2 Å². The van der Waals surface area contributed by atoms with E-state index in [-0.39, 0.29) is 25.0 Å². The fourth-order valence-corrected chi connectivity index (χ4v) is 3.68. The van der Waals surface area contributed by atoms with E-state index < -0.39 is 6.04 Å². The Labute approximate surface area is 180 Å². The minimum atomic E-state index is -0.640. The van der Waals surface area contributed by atoms with E-state index in [1.807, 2.05) is 24.3 Å². The van der Waals surface area contributed by atoms with Crippen LogP contribution in [0.25, 0.3) is 0 Å². The Morgan fingerprint density at radius 2 is 1.96 bits per heavy atom. The van der Waals surface area contributed by atoms with Crippen LogP contribution in [0.3, 0.4) is 0 Å². The topological polar surface area (TPSA) is 58.6 Å². The van der Waals surface area contributed by atoms with Crippen LogP contribution in [0.15, 0.2) is 51.4 Å². The van der Waals surface area contributed by atoms with Crippen molar-refractivity contribution in [2.45, 2.75) is 19.5 Å². The number of nitrogens with one attached hydrogen (secondary N) is 1. The molecule has 0 heterocycles. The summed E-state index contributed by atoms with van der Waals surface area (Å²) >= 11 is 12.7. The second-order valence-electron chi connectivity index (χ2n) is 5.81. The number of halogens is 3. The molecule has 0 radical (unpaired) electrons. The Bertz CT molecular complexity index is 832. The number of carbonyl (C=O) groups is 2. The molecule has 0 saturated heterocycles. The minimum Gasteiger partial charge on any atom is -0.483 e. The zero-order valence-corrected chi connectivity index (χ0v) is 18.8. The van der Waals surface area contributed by atoms with Crippen LogP contribution in [0.4, 0.5) is 0 Å². The van der Waals surface area contributed by atoms with Gasteiger partial charge in [0.15, 0.2) is 6.61 Å². The van der Waals surface area contributed by atoms with Gasteiger partial charge >= 0.3 is 0 Å². The zero-order chi connectivity index (χ0) is 20.0. The van der Waals surface area contributed by atoms with Crippen molar-refractivity contribution in [3.8, 4) is 5.75 Å². The van der Waals surface area contributed by atoms with Crippen LogP contribution in [-0.2, 0) is 16.1 Å². The lowest BCUT2D eigenvalue weighted by Gasteiger charge is -2.28. The number of benzene rings is 2. The molecule has 2 aromatic carbocycles. The van der Waals surface area contributed by atoms with Crippen LogP contribution in [0, 0.1) is 0 Å². The average molecular weight is 519 g/mol. The minimum absolute atomic E-state index is 0.199. The fourth-order valence-electron chi connectivity index (χ4n) is 2.44. The van der Waals surface area contributed by atoms with E-state index in [9.17, 15) is 9.59 Å². The molecule has 2 rings (SSSR count). The van der Waals surface area contributed by atoms with Gasteiger partial charge in [0.1, 0.15) is 11.8 Å².